The summed E-state index contributed by atoms with van der Waals surface area (Å²) in [5.41, 5.74) is 11.0. The molecular weight excluding hydrogens is 390 g/mol. The number of anilines is 1. The van der Waals surface area contributed by atoms with Crippen molar-refractivity contribution in [3.63, 3.8) is 0 Å². The molecule has 4 rings (SSSR count). The van der Waals surface area contributed by atoms with Gasteiger partial charge in [0, 0.05) is 27.2 Å². The van der Waals surface area contributed by atoms with Crippen LogP contribution in [-0.4, -0.2) is 64.1 Å². The second-order valence-corrected chi connectivity index (χ2v) is 9.37. The highest BCUT2D eigenvalue weighted by Gasteiger charge is 2.27. The third-order valence-electron chi connectivity index (χ3n) is 4.95. The lowest BCUT2D eigenvalue weighted by atomic mass is 10.1. The quantitative estimate of drug-likeness (QED) is 0.673. The summed E-state index contributed by atoms with van der Waals surface area (Å²) < 4.78 is 27.2. The average Bonchev–Trinajstić information content (AvgIpc) is 3.11. The van der Waals surface area contributed by atoms with Gasteiger partial charge in [-0.2, -0.15) is 17.0 Å². The van der Waals surface area contributed by atoms with Crippen molar-refractivity contribution in [3.05, 3.63) is 41.7 Å². The van der Waals surface area contributed by atoms with E-state index in [9.17, 15) is 8.42 Å². The molecule has 1 aliphatic rings. The number of fused-ring (bicyclic) bond motifs is 1. The van der Waals surface area contributed by atoms with E-state index < -0.39 is 10.2 Å². The highest BCUT2D eigenvalue weighted by atomic mass is 32.2. The number of benzene rings is 1. The number of aryl methyl sites for hydroxylation is 1. The Morgan fingerprint density at radius 2 is 2.03 bits per heavy atom. The number of nitrogens with one attached hydrogen (secondary N) is 1. The number of H-pyrrole nitrogens is 1. The van der Waals surface area contributed by atoms with Gasteiger partial charge in [-0.15, -0.1) is 0 Å². The van der Waals surface area contributed by atoms with Crippen LogP contribution in [0.3, 0.4) is 0 Å². The Balaban J connectivity index is 1.66. The van der Waals surface area contributed by atoms with Crippen LogP contribution in [-0.2, 0) is 10.2 Å². The monoisotopic (exact) mass is 413 g/mol. The zero-order chi connectivity index (χ0) is 20.8. The van der Waals surface area contributed by atoms with Crippen LogP contribution >= 0.6 is 0 Å². The van der Waals surface area contributed by atoms with Gasteiger partial charge >= 0.3 is 0 Å². The van der Waals surface area contributed by atoms with E-state index in [1.165, 1.54) is 22.7 Å². The summed E-state index contributed by atoms with van der Waals surface area (Å²) >= 11 is 0. The summed E-state index contributed by atoms with van der Waals surface area (Å²) in [6.07, 6.45) is 4.04. The molecule has 1 aliphatic heterocycles. The van der Waals surface area contributed by atoms with E-state index >= 15 is 0 Å². The molecule has 10 heteroatoms. The number of imidazole rings is 1. The SMILES string of the molecule is Cc1ccc2nc(-c3nc(C4=CCN(S(=O)(=O)N(C)C)CC4)cnc3N)[nH]c2c1. The summed E-state index contributed by atoms with van der Waals surface area (Å²) in [6, 6.07) is 5.96. The molecule has 0 radical (unpaired) electrons. The van der Waals surface area contributed by atoms with Crippen molar-refractivity contribution in [2.75, 3.05) is 32.9 Å². The van der Waals surface area contributed by atoms with E-state index in [2.05, 4.69) is 19.9 Å². The van der Waals surface area contributed by atoms with Gasteiger partial charge in [-0.3, -0.25) is 0 Å². The molecule has 29 heavy (non-hydrogen) atoms. The molecule has 2 aromatic heterocycles. The third kappa shape index (κ3) is 3.61. The first-order valence-corrected chi connectivity index (χ1v) is 10.6. The summed E-state index contributed by atoms with van der Waals surface area (Å²) in [6.45, 7) is 2.70. The lowest BCUT2D eigenvalue weighted by Gasteiger charge is -2.28. The Bertz CT molecular complexity index is 1210. The molecule has 0 amide bonds. The smallest absolute Gasteiger partial charge is 0.281 e. The van der Waals surface area contributed by atoms with E-state index in [0.29, 0.717) is 36.7 Å². The van der Waals surface area contributed by atoms with Gasteiger partial charge in [0.1, 0.15) is 5.69 Å². The maximum Gasteiger partial charge on any atom is 0.281 e. The van der Waals surface area contributed by atoms with Gasteiger partial charge in [0.25, 0.3) is 10.2 Å². The molecule has 9 nitrogen and oxygen atoms in total. The molecule has 0 atom stereocenters. The van der Waals surface area contributed by atoms with E-state index in [1.807, 2.05) is 31.2 Å². The first-order valence-electron chi connectivity index (χ1n) is 9.22. The molecule has 3 heterocycles. The van der Waals surface area contributed by atoms with Crippen LogP contribution in [0.15, 0.2) is 30.5 Å². The Morgan fingerprint density at radius 1 is 1.24 bits per heavy atom. The predicted molar refractivity (Wildman–Crippen MR) is 113 cm³/mol. The van der Waals surface area contributed by atoms with Gasteiger partial charge in [-0.1, -0.05) is 12.1 Å². The minimum atomic E-state index is -3.43. The fourth-order valence-electron chi connectivity index (χ4n) is 3.29. The van der Waals surface area contributed by atoms with Crippen LogP contribution in [0.5, 0.6) is 0 Å². The summed E-state index contributed by atoms with van der Waals surface area (Å²) in [5.74, 6) is 0.850. The molecule has 3 N–H and O–H groups in total. The second kappa shape index (κ2) is 7.21. The summed E-state index contributed by atoms with van der Waals surface area (Å²) in [5, 5.41) is 0. The first kappa shape index (κ1) is 19.5. The fraction of sp³-hybridized carbons (Fsp3) is 0.316. The average molecular weight is 414 g/mol. The van der Waals surface area contributed by atoms with Crippen LogP contribution in [0.4, 0.5) is 5.82 Å². The first-order chi connectivity index (χ1) is 13.8. The third-order valence-corrected chi connectivity index (χ3v) is 6.86. The van der Waals surface area contributed by atoms with Crippen molar-refractivity contribution in [3.8, 4) is 11.5 Å². The number of nitrogen functional groups attached to an aromatic ring is 1. The van der Waals surface area contributed by atoms with Crippen LogP contribution in [0.2, 0.25) is 0 Å². The Labute approximate surface area is 169 Å². The van der Waals surface area contributed by atoms with Crippen molar-refractivity contribution < 1.29 is 8.42 Å². The predicted octanol–water partition coefficient (Wildman–Crippen LogP) is 1.81. The maximum absolute atomic E-state index is 12.3. The summed E-state index contributed by atoms with van der Waals surface area (Å²) in [7, 11) is -0.373. The molecular formula is C19H23N7O2S. The number of hydrogen-bond acceptors (Lipinski definition) is 6. The van der Waals surface area contributed by atoms with Crippen LogP contribution in [0, 0.1) is 6.92 Å². The molecule has 1 aromatic carbocycles. The number of hydrogen-bond donors (Lipinski definition) is 2. The van der Waals surface area contributed by atoms with Crippen LogP contribution in [0.25, 0.3) is 28.1 Å². The normalized spacial score (nSPS) is 15.8. The fourth-order valence-corrected chi connectivity index (χ4v) is 4.33. The van der Waals surface area contributed by atoms with Crippen molar-refractivity contribution in [2.24, 2.45) is 0 Å². The number of aromatic nitrogens is 4. The van der Waals surface area contributed by atoms with Crippen molar-refractivity contribution in [1.29, 1.82) is 0 Å². The van der Waals surface area contributed by atoms with E-state index in [1.54, 1.807) is 6.20 Å². The zero-order valence-electron chi connectivity index (χ0n) is 16.5. The lowest BCUT2D eigenvalue weighted by Crippen LogP contribution is -2.42. The number of nitrogens with two attached hydrogens (primary N) is 1. The molecule has 0 saturated carbocycles. The van der Waals surface area contributed by atoms with Crippen molar-refractivity contribution >= 4 is 32.6 Å². The molecule has 0 saturated heterocycles. The molecule has 0 spiro atoms. The van der Waals surface area contributed by atoms with Gasteiger partial charge in [0.15, 0.2) is 11.6 Å². The highest BCUT2D eigenvalue weighted by Crippen LogP contribution is 2.27. The Hall–Kier alpha value is -2.82. The van der Waals surface area contributed by atoms with Gasteiger partial charge in [-0.05, 0) is 36.6 Å². The lowest BCUT2D eigenvalue weighted by molar-refractivity contribution is 0.396. The van der Waals surface area contributed by atoms with Crippen molar-refractivity contribution in [1.82, 2.24) is 28.5 Å². The summed E-state index contributed by atoms with van der Waals surface area (Å²) in [4.78, 5) is 16.8. The van der Waals surface area contributed by atoms with E-state index in [-0.39, 0.29) is 5.82 Å². The van der Waals surface area contributed by atoms with Gasteiger partial charge in [-0.25, -0.2) is 15.0 Å². The van der Waals surface area contributed by atoms with Crippen molar-refractivity contribution in [2.45, 2.75) is 13.3 Å². The number of nitrogens with zero attached hydrogens (tertiary/aromatic N) is 5. The molecule has 3 aromatic rings. The standard InChI is InChI=1S/C19H23N7O2S/c1-12-4-5-14-15(10-12)24-19(23-14)17-18(20)21-11-16(22-17)13-6-8-26(9-7-13)29(27,28)25(2)3/h4-6,10-11H,7-9H2,1-3H3,(H2,20,21)(H,23,24). The minimum Gasteiger partial charge on any atom is -0.382 e. The Kier molecular flexibility index (Phi) is 4.85. The number of aromatic amines is 1. The van der Waals surface area contributed by atoms with Crippen LogP contribution in [0.1, 0.15) is 17.7 Å². The largest absolute Gasteiger partial charge is 0.382 e. The second-order valence-electron chi connectivity index (χ2n) is 7.22. The van der Waals surface area contributed by atoms with E-state index in [0.717, 1.165) is 22.2 Å². The number of rotatable bonds is 4. The van der Waals surface area contributed by atoms with Crippen LogP contribution < -0.4 is 5.73 Å². The molecule has 0 bridgehead atoms. The molecule has 0 unspecified atom stereocenters. The highest BCUT2D eigenvalue weighted by molar-refractivity contribution is 7.86. The van der Waals surface area contributed by atoms with E-state index in [4.69, 9.17) is 5.73 Å². The zero-order valence-corrected chi connectivity index (χ0v) is 17.4. The molecule has 152 valence electrons. The minimum absolute atomic E-state index is 0.290. The maximum atomic E-state index is 12.3. The topological polar surface area (TPSA) is 121 Å². The van der Waals surface area contributed by atoms with Gasteiger partial charge in [0.2, 0.25) is 0 Å². The molecule has 0 aliphatic carbocycles. The van der Waals surface area contributed by atoms with Gasteiger partial charge in [0.05, 0.1) is 22.9 Å². The Morgan fingerprint density at radius 3 is 2.72 bits per heavy atom. The van der Waals surface area contributed by atoms with Gasteiger partial charge < -0.3 is 10.7 Å². The molecule has 0 fully saturated rings.